The van der Waals surface area contributed by atoms with Gasteiger partial charge in [-0.05, 0) is 37.1 Å². The van der Waals surface area contributed by atoms with Gasteiger partial charge in [-0.15, -0.1) is 0 Å². The summed E-state index contributed by atoms with van der Waals surface area (Å²) in [5, 5.41) is 3.22. The minimum atomic E-state index is -0.399. The Bertz CT molecular complexity index is 564. The van der Waals surface area contributed by atoms with Crippen LogP contribution in [-0.2, 0) is 6.54 Å². The summed E-state index contributed by atoms with van der Waals surface area (Å²) in [6.07, 6.45) is 0. The highest BCUT2D eigenvalue weighted by molar-refractivity contribution is 6.31. The van der Waals surface area contributed by atoms with Crippen molar-refractivity contribution in [1.82, 2.24) is 0 Å². The van der Waals surface area contributed by atoms with Crippen molar-refractivity contribution >= 4 is 17.3 Å². The SMILES string of the molecule is Cc1ccc(C)c(CNc2cccc(Cl)c2F)c1. The van der Waals surface area contributed by atoms with E-state index in [1.54, 1.807) is 18.2 Å². The van der Waals surface area contributed by atoms with Crippen molar-refractivity contribution in [2.75, 3.05) is 5.32 Å². The van der Waals surface area contributed by atoms with Gasteiger partial charge in [0.05, 0.1) is 10.7 Å². The molecule has 0 unspecified atom stereocenters. The van der Waals surface area contributed by atoms with E-state index in [1.807, 2.05) is 13.8 Å². The monoisotopic (exact) mass is 263 g/mol. The lowest BCUT2D eigenvalue weighted by Crippen LogP contribution is -2.03. The third-order valence-electron chi connectivity index (χ3n) is 2.93. The van der Waals surface area contributed by atoms with Gasteiger partial charge in [-0.25, -0.2) is 4.39 Å². The molecule has 2 aromatic rings. The molecular weight excluding hydrogens is 249 g/mol. The van der Waals surface area contributed by atoms with Crippen LogP contribution in [0.4, 0.5) is 10.1 Å². The maximum absolute atomic E-state index is 13.7. The molecule has 0 saturated heterocycles. The Balaban J connectivity index is 2.16. The Morgan fingerprint density at radius 2 is 1.94 bits per heavy atom. The molecule has 0 radical (unpaired) electrons. The average Bonchev–Trinajstić information content (AvgIpc) is 2.35. The average molecular weight is 264 g/mol. The number of benzene rings is 2. The van der Waals surface area contributed by atoms with Crippen LogP contribution in [0.25, 0.3) is 0 Å². The molecule has 0 fully saturated rings. The number of halogens is 2. The zero-order valence-electron chi connectivity index (χ0n) is 10.4. The molecule has 1 N–H and O–H groups in total. The normalized spacial score (nSPS) is 10.4. The number of hydrogen-bond acceptors (Lipinski definition) is 1. The van der Waals surface area contributed by atoms with Gasteiger partial charge in [-0.3, -0.25) is 0 Å². The highest BCUT2D eigenvalue weighted by Gasteiger charge is 2.06. The summed E-state index contributed by atoms with van der Waals surface area (Å²) in [6.45, 7) is 4.68. The van der Waals surface area contributed by atoms with E-state index in [0.29, 0.717) is 12.2 Å². The second-order valence-electron chi connectivity index (χ2n) is 4.38. The molecule has 18 heavy (non-hydrogen) atoms. The summed E-state index contributed by atoms with van der Waals surface area (Å²) < 4.78 is 13.7. The summed E-state index contributed by atoms with van der Waals surface area (Å²) in [6, 6.07) is 11.2. The van der Waals surface area contributed by atoms with Crippen molar-refractivity contribution in [3.05, 3.63) is 63.9 Å². The van der Waals surface area contributed by atoms with Gasteiger partial charge in [-0.2, -0.15) is 0 Å². The number of anilines is 1. The Morgan fingerprint density at radius 3 is 2.72 bits per heavy atom. The van der Waals surface area contributed by atoms with Gasteiger partial charge in [0.25, 0.3) is 0 Å². The fourth-order valence-electron chi connectivity index (χ4n) is 1.82. The van der Waals surface area contributed by atoms with Crippen molar-refractivity contribution in [2.24, 2.45) is 0 Å². The first-order valence-electron chi connectivity index (χ1n) is 5.82. The first-order chi connectivity index (χ1) is 8.58. The van der Waals surface area contributed by atoms with Crippen molar-refractivity contribution < 1.29 is 4.39 Å². The largest absolute Gasteiger partial charge is 0.379 e. The predicted octanol–water partition coefficient (Wildman–Crippen LogP) is 4.71. The molecule has 2 aromatic carbocycles. The lowest BCUT2D eigenvalue weighted by molar-refractivity contribution is 0.630. The van der Waals surface area contributed by atoms with Crippen LogP contribution in [-0.4, -0.2) is 0 Å². The van der Waals surface area contributed by atoms with E-state index >= 15 is 0 Å². The van der Waals surface area contributed by atoms with Crippen LogP contribution < -0.4 is 5.32 Å². The standard InChI is InChI=1S/C15H15ClFN/c1-10-6-7-11(2)12(8-10)9-18-14-5-3-4-13(16)15(14)17/h3-8,18H,9H2,1-2H3. The zero-order valence-corrected chi connectivity index (χ0v) is 11.2. The van der Waals surface area contributed by atoms with Crippen LogP contribution in [0.1, 0.15) is 16.7 Å². The highest BCUT2D eigenvalue weighted by Crippen LogP contribution is 2.23. The van der Waals surface area contributed by atoms with Crippen molar-refractivity contribution in [3.8, 4) is 0 Å². The first-order valence-corrected chi connectivity index (χ1v) is 6.20. The minimum Gasteiger partial charge on any atom is -0.379 e. The minimum absolute atomic E-state index is 0.140. The van der Waals surface area contributed by atoms with E-state index in [4.69, 9.17) is 11.6 Å². The van der Waals surface area contributed by atoms with Gasteiger partial charge in [0.1, 0.15) is 0 Å². The number of nitrogens with one attached hydrogen (secondary N) is 1. The van der Waals surface area contributed by atoms with Gasteiger partial charge in [0.2, 0.25) is 0 Å². The van der Waals surface area contributed by atoms with E-state index in [1.165, 1.54) is 11.1 Å². The van der Waals surface area contributed by atoms with Crippen molar-refractivity contribution in [1.29, 1.82) is 0 Å². The molecule has 0 amide bonds. The second-order valence-corrected chi connectivity index (χ2v) is 4.79. The van der Waals surface area contributed by atoms with Crippen LogP contribution in [0.15, 0.2) is 36.4 Å². The Morgan fingerprint density at radius 1 is 1.17 bits per heavy atom. The van der Waals surface area contributed by atoms with E-state index < -0.39 is 5.82 Å². The molecule has 0 aliphatic rings. The summed E-state index contributed by atoms with van der Waals surface area (Å²) in [5.41, 5.74) is 3.98. The highest BCUT2D eigenvalue weighted by atomic mass is 35.5. The molecule has 0 bridgehead atoms. The van der Waals surface area contributed by atoms with Crippen LogP contribution in [0.5, 0.6) is 0 Å². The fourth-order valence-corrected chi connectivity index (χ4v) is 2.00. The second kappa shape index (κ2) is 5.40. The van der Waals surface area contributed by atoms with Crippen LogP contribution >= 0.6 is 11.6 Å². The topological polar surface area (TPSA) is 12.0 Å². The maximum Gasteiger partial charge on any atom is 0.164 e. The maximum atomic E-state index is 13.7. The number of hydrogen-bond donors (Lipinski definition) is 1. The lowest BCUT2D eigenvalue weighted by atomic mass is 10.1. The third-order valence-corrected chi connectivity index (χ3v) is 3.22. The summed E-state index contributed by atoms with van der Waals surface area (Å²) in [7, 11) is 0. The Kier molecular flexibility index (Phi) is 3.87. The van der Waals surface area contributed by atoms with E-state index in [-0.39, 0.29) is 5.02 Å². The Labute approximate surface area is 112 Å². The molecule has 0 atom stereocenters. The Hall–Kier alpha value is -1.54. The molecule has 0 aliphatic carbocycles. The van der Waals surface area contributed by atoms with Crippen molar-refractivity contribution in [2.45, 2.75) is 20.4 Å². The van der Waals surface area contributed by atoms with Gasteiger partial charge in [0, 0.05) is 6.54 Å². The van der Waals surface area contributed by atoms with Crippen LogP contribution in [0, 0.1) is 19.7 Å². The predicted molar refractivity (Wildman–Crippen MR) is 74.7 cm³/mol. The first kappa shape index (κ1) is 12.9. The van der Waals surface area contributed by atoms with Gasteiger partial charge in [-0.1, -0.05) is 41.4 Å². The molecule has 94 valence electrons. The van der Waals surface area contributed by atoms with Gasteiger partial charge >= 0.3 is 0 Å². The fraction of sp³-hybridized carbons (Fsp3) is 0.200. The van der Waals surface area contributed by atoms with Gasteiger partial charge in [0.15, 0.2) is 5.82 Å². The van der Waals surface area contributed by atoms with Crippen molar-refractivity contribution in [3.63, 3.8) is 0 Å². The van der Waals surface area contributed by atoms with E-state index in [2.05, 4.69) is 23.5 Å². The summed E-state index contributed by atoms with van der Waals surface area (Å²) in [5.74, 6) is -0.399. The molecule has 0 aromatic heterocycles. The molecule has 1 nitrogen and oxygen atoms in total. The number of rotatable bonds is 3. The smallest absolute Gasteiger partial charge is 0.164 e. The lowest BCUT2D eigenvalue weighted by Gasteiger charge is -2.11. The molecule has 3 heteroatoms. The molecule has 0 saturated carbocycles. The van der Waals surface area contributed by atoms with Gasteiger partial charge < -0.3 is 5.32 Å². The summed E-state index contributed by atoms with van der Waals surface area (Å²) in [4.78, 5) is 0. The molecule has 0 spiro atoms. The summed E-state index contributed by atoms with van der Waals surface area (Å²) >= 11 is 5.74. The van der Waals surface area contributed by atoms with E-state index in [0.717, 1.165) is 5.56 Å². The molecular formula is C15H15ClFN. The van der Waals surface area contributed by atoms with Crippen LogP contribution in [0.2, 0.25) is 5.02 Å². The molecule has 2 rings (SSSR count). The van der Waals surface area contributed by atoms with Crippen LogP contribution in [0.3, 0.4) is 0 Å². The molecule has 0 aliphatic heterocycles. The zero-order chi connectivity index (χ0) is 13.1. The molecule has 0 heterocycles. The van der Waals surface area contributed by atoms with E-state index in [9.17, 15) is 4.39 Å². The number of aryl methyl sites for hydroxylation is 2. The third kappa shape index (κ3) is 2.82. The quantitative estimate of drug-likeness (QED) is 0.846.